The van der Waals surface area contributed by atoms with E-state index < -0.39 is 10.0 Å². The van der Waals surface area contributed by atoms with Gasteiger partial charge in [0, 0.05) is 11.3 Å². The van der Waals surface area contributed by atoms with Crippen LogP contribution in [0.3, 0.4) is 0 Å². The highest BCUT2D eigenvalue weighted by Gasteiger charge is 2.35. The van der Waals surface area contributed by atoms with Crippen LogP contribution in [0.25, 0.3) is 0 Å². The molecule has 1 aromatic heterocycles. The average molecular weight is 304 g/mol. The summed E-state index contributed by atoms with van der Waals surface area (Å²) in [7, 11) is -2.11. The van der Waals surface area contributed by atoms with Crippen LogP contribution < -0.4 is 10.0 Å². The molecule has 1 saturated carbocycles. The van der Waals surface area contributed by atoms with E-state index in [-0.39, 0.29) is 5.09 Å². The summed E-state index contributed by atoms with van der Waals surface area (Å²) < 4.78 is 31.0. The van der Waals surface area contributed by atoms with Crippen molar-refractivity contribution in [3.8, 4) is 0 Å². The van der Waals surface area contributed by atoms with Gasteiger partial charge < -0.3 is 9.73 Å². The van der Waals surface area contributed by atoms with Gasteiger partial charge in [0.1, 0.15) is 5.76 Å². The maximum atomic E-state index is 11.5. The third-order valence-electron chi connectivity index (χ3n) is 3.61. The zero-order valence-electron chi connectivity index (χ0n) is 11.2. The van der Waals surface area contributed by atoms with Crippen molar-refractivity contribution in [3.63, 3.8) is 0 Å². The molecule has 7 heteroatoms. The number of sulfonamides is 1. The van der Waals surface area contributed by atoms with Gasteiger partial charge >= 0.3 is 0 Å². The zero-order chi connectivity index (χ0) is 13.9. The molecular weight excluding hydrogens is 284 g/mol. The molecule has 0 saturated heterocycles. The molecule has 1 aliphatic carbocycles. The molecule has 1 heterocycles. The minimum Gasteiger partial charge on any atom is -0.447 e. The van der Waals surface area contributed by atoms with Crippen LogP contribution in [0.5, 0.6) is 0 Å². The lowest BCUT2D eigenvalue weighted by Gasteiger charge is -2.40. The Balaban J connectivity index is 1.87. The van der Waals surface area contributed by atoms with Crippen molar-refractivity contribution in [1.29, 1.82) is 0 Å². The number of thioether (sulfide) groups is 1. The Hall–Kier alpha value is -0.500. The molecule has 5 nitrogen and oxygen atoms in total. The molecule has 0 bridgehead atoms. The van der Waals surface area contributed by atoms with Crippen LogP contribution >= 0.6 is 11.8 Å². The molecule has 0 amide bonds. The maximum Gasteiger partial charge on any atom is 0.273 e. The molecule has 0 aromatic carbocycles. The Morgan fingerprint density at radius 3 is 2.68 bits per heavy atom. The van der Waals surface area contributed by atoms with E-state index >= 15 is 0 Å². The number of nitrogens with one attached hydrogen (secondary N) is 2. The lowest BCUT2D eigenvalue weighted by atomic mass is 9.84. The molecule has 0 atom stereocenters. The summed E-state index contributed by atoms with van der Waals surface area (Å²) >= 11 is 1.91. The van der Waals surface area contributed by atoms with E-state index in [2.05, 4.69) is 16.3 Å². The first-order chi connectivity index (χ1) is 9.01. The summed E-state index contributed by atoms with van der Waals surface area (Å²) in [5.41, 5.74) is 0. The lowest BCUT2D eigenvalue weighted by molar-refractivity contribution is 0.334. The van der Waals surface area contributed by atoms with Gasteiger partial charge in [-0.25, -0.2) is 13.1 Å². The van der Waals surface area contributed by atoms with Gasteiger partial charge in [-0.2, -0.15) is 11.8 Å². The number of furan rings is 1. The first kappa shape index (κ1) is 14.9. The fourth-order valence-electron chi connectivity index (χ4n) is 2.14. The molecule has 0 radical (unpaired) electrons. The molecule has 108 valence electrons. The van der Waals surface area contributed by atoms with Gasteiger partial charge in [-0.15, -0.1) is 0 Å². The molecule has 1 aliphatic rings. The van der Waals surface area contributed by atoms with Crippen molar-refractivity contribution in [3.05, 3.63) is 17.9 Å². The lowest BCUT2D eigenvalue weighted by Crippen LogP contribution is -2.43. The molecule has 0 spiro atoms. The van der Waals surface area contributed by atoms with E-state index in [0.717, 1.165) is 6.54 Å². The van der Waals surface area contributed by atoms with Gasteiger partial charge in [-0.3, -0.25) is 0 Å². The number of rotatable bonds is 7. The van der Waals surface area contributed by atoms with Crippen LogP contribution in [0.2, 0.25) is 0 Å². The van der Waals surface area contributed by atoms with Crippen LogP contribution in [-0.4, -0.2) is 33.0 Å². The molecule has 2 rings (SSSR count). The number of hydrogen-bond donors (Lipinski definition) is 2. The van der Waals surface area contributed by atoms with Crippen LogP contribution in [0.1, 0.15) is 25.0 Å². The Bertz CT molecular complexity index is 515. The monoisotopic (exact) mass is 304 g/mol. The highest BCUT2D eigenvalue weighted by atomic mass is 32.2. The van der Waals surface area contributed by atoms with Crippen molar-refractivity contribution in [1.82, 2.24) is 10.0 Å². The smallest absolute Gasteiger partial charge is 0.273 e. The molecule has 19 heavy (non-hydrogen) atoms. The normalized spacial score (nSPS) is 18.2. The molecule has 1 fully saturated rings. The van der Waals surface area contributed by atoms with Crippen molar-refractivity contribution < 1.29 is 12.8 Å². The van der Waals surface area contributed by atoms with Gasteiger partial charge in [0.25, 0.3) is 10.0 Å². The quantitative estimate of drug-likeness (QED) is 0.800. The van der Waals surface area contributed by atoms with Crippen molar-refractivity contribution in [2.45, 2.75) is 35.6 Å². The van der Waals surface area contributed by atoms with Crippen LogP contribution in [0.4, 0.5) is 0 Å². The third-order valence-corrected chi connectivity index (χ3v) is 6.32. The molecule has 0 unspecified atom stereocenters. The van der Waals surface area contributed by atoms with Crippen molar-refractivity contribution in [2.24, 2.45) is 0 Å². The Morgan fingerprint density at radius 2 is 2.16 bits per heavy atom. The molecule has 2 N–H and O–H groups in total. The molecule has 0 aliphatic heterocycles. The van der Waals surface area contributed by atoms with Gasteiger partial charge in [0.2, 0.25) is 5.09 Å². The van der Waals surface area contributed by atoms with E-state index in [1.807, 2.05) is 11.8 Å². The maximum absolute atomic E-state index is 11.5. The van der Waals surface area contributed by atoms with Gasteiger partial charge in [0.05, 0.1) is 6.54 Å². The molecule has 1 aromatic rings. The number of hydrogen-bond acceptors (Lipinski definition) is 5. The third kappa shape index (κ3) is 3.34. The van der Waals surface area contributed by atoms with E-state index in [4.69, 9.17) is 4.42 Å². The summed E-state index contributed by atoms with van der Waals surface area (Å²) in [4.78, 5) is 0. The predicted molar refractivity (Wildman–Crippen MR) is 76.8 cm³/mol. The second kappa shape index (κ2) is 5.87. The van der Waals surface area contributed by atoms with Crippen LogP contribution in [0, 0.1) is 0 Å². The Kier molecular flexibility index (Phi) is 4.60. The van der Waals surface area contributed by atoms with Crippen LogP contribution in [-0.2, 0) is 16.6 Å². The Labute approximate surface area is 118 Å². The highest BCUT2D eigenvalue weighted by Crippen LogP contribution is 2.42. The van der Waals surface area contributed by atoms with E-state index in [1.165, 1.54) is 32.4 Å². The first-order valence-corrected chi connectivity index (χ1v) is 9.00. The summed E-state index contributed by atoms with van der Waals surface area (Å²) in [5.74, 6) is 0.643. The summed E-state index contributed by atoms with van der Waals surface area (Å²) in [6.07, 6.45) is 5.94. The fraction of sp³-hybridized carbons (Fsp3) is 0.667. The first-order valence-electron chi connectivity index (χ1n) is 6.29. The highest BCUT2D eigenvalue weighted by molar-refractivity contribution is 8.00. The minimum absolute atomic E-state index is 0.0324. The molecular formula is C12H20N2O3S2. The Morgan fingerprint density at radius 1 is 1.42 bits per heavy atom. The van der Waals surface area contributed by atoms with Gasteiger partial charge in [0.15, 0.2) is 0 Å². The zero-order valence-corrected chi connectivity index (χ0v) is 12.9. The van der Waals surface area contributed by atoms with Crippen molar-refractivity contribution >= 4 is 21.8 Å². The van der Waals surface area contributed by atoms with E-state index in [9.17, 15) is 8.42 Å². The summed E-state index contributed by atoms with van der Waals surface area (Å²) in [6.45, 7) is 1.49. The fourth-order valence-corrected chi connectivity index (χ4v) is 3.74. The second-order valence-corrected chi connectivity index (χ2v) is 7.86. The van der Waals surface area contributed by atoms with E-state index in [0.29, 0.717) is 17.1 Å². The van der Waals surface area contributed by atoms with Crippen molar-refractivity contribution in [2.75, 3.05) is 19.8 Å². The van der Waals surface area contributed by atoms with E-state index in [1.54, 1.807) is 6.07 Å². The SMILES string of the molecule is CNS(=O)(=O)c1ccc(CNCC2(SC)CCC2)o1. The second-order valence-electron chi connectivity index (χ2n) is 4.77. The van der Waals surface area contributed by atoms with Gasteiger partial charge in [-0.05, 0) is 38.3 Å². The predicted octanol–water partition coefficient (Wildman–Crippen LogP) is 1.56. The average Bonchev–Trinajstić information content (AvgIpc) is 2.82. The van der Waals surface area contributed by atoms with Gasteiger partial charge in [-0.1, -0.05) is 6.42 Å². The standard InChI is InChI=1S/C12H20N2O3S2/c1-13-19(15,16)11-5-4-10(17-11)8-14-9-12(18-2)6-3-7-12/h4-5,13-14H,3,6-9H2,1-2H3. The van der Waals surface area contributed by atoms with Crippen LogP contribution in [0.15, 0.2) is 21.6 Å². The summed E-state index contributed by atoms with van der Waals surface area (Å²) in [6, 6.07) is 3.18. The summed E-state index contributed by atoms with van der Waals surface area (Å²) in [5, 5.41) is 3.32. The minimum atomic E-state index is -3.48. The largest absolute Gasteiger partial charge is 0.447 e. The topological polar surface area (TPSA) is 71.3 Å².